The molecule has 1 aliphatic heterocycles. The van der Waals surface area contributed by atoms with E-state index in [1.807, 2.05) is 12.1 Å². The summed E-state index contributed by atoms with van der Waals surface area (Å²) < 4.78 is 7.05. The molecule has 1 saturated heterocycles. The lowest BCUT2D eigenvalue weighted by Gasteiger charge is -2.21. The monoisotopic (exact) mass is 324 g/mol. The number of hydrogen-bond acceptors (Lipinski definition) is 7. The molecule has 4 rings (SSSR count). The highest BCUT2D eigenvalue weighted by Crippen LogP contribution is 2.38. The molecule has 2 fully saturated rings. The molecule has 122 valence electrons. The first-order valence-electron chi connectivity index (χ1n) is 7.91. The average molecular weight is 324 g/mol. The van der Waals surface area contributed by atoms with Crippen molar-refractivity contribution in [3.8, 4) is 6.07 Å². The Kier molecular flexibility index (Phi) is 3.70. The maximum absolute atomic E-state index is 12.3. The summed E-state index contributed by atoms with van der Waals surface area (Å²) in [4.78, 5) is 20.4. The van der Waals surface area contributed by atoms with Gasteiger partial charge in [0.05, 0.1) is 24.9 Å². The first kappa shape index (κ1) is 14.8. The van der Waals surface area contributed by atoms with Gasteiger partial charge in [0.1, 0.15) is 12.1 Å². The molecule has 3 heterocycles. The molecule has 1 saturated carbocycles. The third kappa shape index (κ3) is 2.74. The normalized spacial score (nSPS) is 23.0. The lowest BCUT2D eigenvalue weighted by atomic mass is 10.1. The Bertz CT molecular complexity index is 854. The van der Waals surface area contributed by atoms with E-state index in [1.54, 1.807) is 6.07 Å². The van der Waals surface area contributed by atoms with Crippen LogP contribution < -0.4 is 10.9 Å². The second-order valence-corrected chi connectivity index (χ2v) is 6.04. The van der Waals surface area contributed by atoms with Crippen LogP contribution in [0, 0.1) is 11.3 Å². The topological polar surface area (TPSA) is 106 Å². The average Bonchev–Trinajstić information content (AvgIpc) is 3.36. The van der Waals surface area contributed by atoms with Gasteiger partial charge in [0.25, 0.3) is 5.56 Å². The van der Waals surface area contributed by atoms with Crippen LogP contribution in [0.25, 0.3) is 0 Å². The number of anilines is 1. The predicted octanol–water partition coefficient (Wildman–Crippen LogP) is 0.834. The van der Waals surface area contributed by atoms with Crippen LogP contribution in [0.15, 0.2) is 29.3 Å². The minimum absolute atomic E-state index is 0.152. The van der Waals surface area contributed by atoms with E-state index in [2.05, 4.69) is 20.4 Å². The molecular formula is C16H16N6O2. The van der Waals surface area contributed by atoms with Crippen LogP contribution in [0.4, 0.5) is 5.82 Å². The molecule has 8 heteroatoms. The number of rotatable bonds is 4. The quantitative estimate of drug-likeness (QED) is 0.888. The maximum Gasteiger partial charge on any atom is 0.267 e. The zero-order chi connectivity index (χ0) is 16.5. The maximum atomic E-state index is 12.3. The van der Waals surface area contributed by atoms with Gasteiger partial charge < -0.3 is 10.1 Å². The van der Waals surface area contributed by atoms with Crippen LogP contribution in [0.2, 0.25) is 0 Å². The number of nitrogens with one attached hydrogen (secondary N) is 1. The number of hydrogen-bond donors (Lipinski definition) is 1. The fourth-order valence-corrected chi connectivity index (χ4v) is 2.90. The summed E-state index contributed by atoms with van der Waals surface area (Å²) in [5.74, 6) is 0.864. The van der Waals surface area contributed by atoms with E-state index in [4.69, 9.17) is 10.00 Å². The van der Waals surface area contributed by atoms with Gasteiger partial charge >= 0.3 is 0 Å². The van der Waals surface area contributed by atoms with E-state index < -0.39 is 0 Å². The molecule has 1 aliphatic carbocycles. The summed E-state index contributed by atoms with van der Waals surface area (Å²) >= 11 is 0. The number of nitrogens with zero attached hydrogens (tertiary/aromatic N) is 5. The van der Waals surface area contributed by atoms with Crippen molar-refractivity contribution >= 4 is 5.82 Å². The third-order valence-electron chi connectivity index (χ3n) is 4.33. The Labute approximate surface area is 138 Å². The van der Waals surface area contributed by atoms with Gasteiger partial charge in [-0.1, -0.05) is 0 Å². The standard InChI is InChI=1S/C16H16N6O2/c17-7-12-16(19-6-5-18-12)20-13-8-24-9-14(13)22-15(23)4-3-11(21-22)10-1-2-10/h3-6,10,13-14H,1-2,8-9H2,(H,19,20). The second kappa shape index (κ2) is 6.02. The van der Waals surface area contributed by atoms with Gasteiger partial charge in [-0.15, -0.1) is 0 Å². The molecule has 2 aromatic heterocycles. The van der Waals surface area contributed by atoms with Crippen LogP contribution in [0.5, 0.6) is 0 Å². The van der Waals surface area contributed by atoms with Gasteiger partial charge in [0.15, 0.2) is 11.5 Å². The number of ether oxygens (including phenoxy) is 1. The summed E-state index contributed by atoms with van der Waals surface area (Å²) in [7, 11) is 0. The van der Waals surface area contributed by atoms with Gasteiger partial charge in [-0.25, -0.2) is 14.6 Å². The van der Waals surface area contributed by atoms with Crippen molar-refractivity contribution in [2.45, 2.75) is 30.8 Å². The van der Waals surface area contributed by atoms with Gasteiger partial charge in [0, 0.05) is 24.4 Å². The Morgan fingerprint density at radius 1 is 1.25 bits per heavy atom. The fraction of sp³-hybridized carbons (Fsp3) is 0.438. The van der Waals surface area contributed by atoms with E-state index >= 15 is 0 Å². The molecular weight excluding hydrogens is 308 g/mol. The summed E-state index contributed by atoms with van der Waals surface area (Å²) in [6.07, 6.45) is 5.24. The molecule has 2 aliphatic rings. The van der Waals surface area contributed by atoms with Gasteiger partial charge in [-0.2, -0.15) is 10.4 Å². The van der Waals surface area contributed by atoms with E-state index in [0.717, 1.165) is 18.5 Å². The van der Waals surface area contributed by atoms with Crippen LogP contribution >= 0.6 is 0 Å². The second-order valence-electron chi connectivity index (χ2n) is 6.04. The largest absolute Gasteiger partial charge is 0.377 e. The van der Waals surface area contributed by atoms with E-state index in [9.17, 15) is 4.79 Å². The zero-order valence-electron chi connectivity index (χ0n) is 12.9. The lowest BCUT2D eigenvalue weighted by molar-refractivity contribution is 0.182. The summed E-state index contributed by atoms with van der Waals surface area (Å²) in [6.45, 7) is 0.800. The Hall–Kier alpha value is -2.79. The van der Waals surface area contributed by atoms with E-state index in [0.29, 0.717) is 24.9 Å². The highest BCUT2D eigenvalue weighted by Gasteiger charge is 2.33. The molecule has 24 heavy (non-hydrogen) atoms. The molecule has 0 radical (unpaired) electrons. The van der Waals surface area contributed by atoms with Crippen molar-refractivity contribution in [2.75, 3.05) is 18.5 Å². The predicted molar refractivity (Wildman–Crippen MR) is 84.5 cm³/mol. The first-order chi connectivity index (χ1) is 11.8. The fourth-order valence-electron chi connectivity index (χ4n) is 2.90. The van der Waals surface area contributed by atoms with Gasteiger partial charge in [-0.3, -0.25) is 4.79 Å². The molecule has 2 unspecified atom stereocenters. The van der Waals surface area contributed by atoms with Crippen molar-refractivity contribution in [1.29, 1.82) is 5.26 Å². The van der Waals surface area contributed by atoms with E-state index in [-0.39, 0.29) is 23.3 Å². The smallest absolute Gasteiger partial charge is 0.267 e. The molecule has 0 aromatic carbocycles. The SMILES string of the molecule is N#Cc1nccnc1NC1COCC1n1nc(C2CC2)ccc1=O. The molecule has 2 aromatic rings. The van der Waals surface area contributed by atoms with Crippen molar-refractivity contribution in [3.05, 3.63) is 46.3 Å². The van der Waals surface area contributed by atoms with Crippen molar-refractivity contribution in [3.63, 3.8) is 0 Å². The Balaban J connectivity index is 1.62. The van der Waals surface area contributed by atoms with Crippen LogP contribution in [0.3, 0.4) is 0 Å². The minimum Gasteiger partial charge on any atom is -0.377 e. The summed E-state index contributed by atoms with van der Waals surface area (Å²) in [5, 5.41) is 16.8. The van der Waals surface area contributed by atoms with Gasteiger partial charge in [-0.05, 0) is 18.9 Å². The molecule has 0 spiro atoms. The third-order valence-corrected chi connectivity index (χ3v) is 4.33. The highest BCUT2D eigenvalue weighted by atomic mass is 16.5. The number of nitriles is 1. The minimum atomic E-state index is -0.246. The van der Waals surface area contributed by atoms with Crippen molar-refractivity contribution in [2.24, 2.45) is 0 Å². The van der Waals surface area contributed by atoms with Crippen LogP contribution in [-0.4, -0.2) is 39.0 Å². The zero-order valence-corrected chi connectivity index (χ0v) is 12.9. The molecule has 2 atom stereocenters. The number of aromatic nitrogens is 4. The molecule has 0 amide bonds. The molecule has 1 N–H and O–H groups in total. The Morgan fingerprint density at radius 3 is 2.88 bits per heavy atom. The molecule has 8 nitrogen and oxygen atoms in total. The van der Waals surface area contributed by atoms with Crippen molar-refractivity contribution < 1.29 is 4.74 Å². The molecule has 0 bridgehead atoms. The lowest BCUT2D eigenvalue weighted by Crippen LogP contribution is -2.37. The Morgan fingerprint density at radius 2 is 2.08 bits per heavy atom. The summed E-state index contributed by atoms with van der Waals surface area (Å²) in [5.41, 5.74) is 1.02. The van der Waals surface area contributed by atoms with E-state index in [1.165, 1.54) is 17.1 Å². The van der Waals surface area contributed by atoms with Crippen molar-refractivity contribution in [1.82, 2.24) is 19.7 Å². The van der Waals surface area contributed by atoms with Crippen LogP contribution in [0.1, 0.15) is 36.2 Å². The summed E-state index contributed by atoms with van der Waals surface area (Å²) in [6, 6.07) is 4.94. The highest BCUT2D eigenvalue weighted by molar-refractivity contribution is 5.47. The first-order valence-corrected chi connectivity index (χ1v) is 7.91. The van der Waals surface area contributed by atoms with Gasteiger partial charge in [0.2, 0.25) is 0 Å². The van der Waals surface area contributed by atoms with Crippen LogP contribution in [-0.2, 0) is 4.74 Å².